The lowest BCUT2D eigenvalue weighted by Crippen LogP contribution is -2.23. The summed E-state index contributed by atoms with van der Waals surface area (Å²) in [5.41, 5.74) is 3.35. The van der Waals surface area contributed by atoms with Gasteiger partial charge in [-0.05, 0) is 36.8 Å². The van der Waals surface area contributed by atoms with E-state index in [0.29, 0.717) is 6.04 Å². The van der Waals surface area contributed by atoms with Gasteiger partial charge in [0.05, 0.1) is 12.2 Å². The Balaban J connectivity index is 2.11. The Labute approximate surface area is 127 Å². The third kappa shape index (κ3) is 4.83. The molecule has 0 fully saturated rings. The third-order valence-electron chi connectivity index (χ3n) is 3.23. The number of hydrogen-bond donors (Lipinski definition) is 1. The summed E-state index contributed by atoms with van der Waals surface area (Å²) in [4.78, 5) is 11.1. The first-order valence-electron chi connectivity index (χ1n) is 7.36. The summed E-state index contributed by atoms with van der Waals surface area (Å²) in [5.74, 6) is 0.987. The van der Waals surface area contributed by atoms with Gasteiger partial charge in [-0.15, -0.1) is 0 Å². The van der Waals surface area contributed by atoms with E-state index in [2.05, 4.69) is 53.2 Å². The number of anilines is 1. The van der Waals surface area contributed by atoms with E-state index in [-0.39, 0.29) is 0 Å². The average molecular weight is 284 g/mol. The van der Waals surface area contributed by atoms with Crippen molar-refractivity contribution in [2.24, 2.45) is 0 Å². The van der Waals surface area contributed by atoms with Crippen LogP contribution in [0.2, 0.25) is 0 Å². The Morgan fingerprint density at radius 2 is 2.05 bits per heavy atom. The monoisotopic (exact) mass is 284 g/mol. The van der Waals surface area contributed by atoms with Gasteiger partial charge in [0, 0.05) is 31.5 Å². The molecule has 21 heavy (non-hydrogen) atoms. The minimum atomic E-state index is 0.480. The van der Waals surface area contributed by atoms with Crippen LogP contribution in [0.5, 0.6) is 0 Å². The van der Waals surface area contributed by atoms with Crippen LogP contribution in [0.1, 0.15) is 30.8 Å². The first-order valence-corrected chi connectivity index (χ1v) is 7.36. The van der Waals surface area contributed by atoms with Crippen LogP contribution >= 0.6 is 0 Å². The van der Waals surface area contributed by atoms with Crippen molar-refractivity contribution in [2.45, 2.75) is 39.9 Å². The summed E-state index contributed by atoms with van der Waals surface area (Å²) >= 11 is 0. The molecule has 0 aromatic carbocycles. The van der Waals surface area contributed by atoms with Crippen LogP contribution in [0.3, 0.4) is 0 Å². The molecule has 0 aliphatic heterocycles. The van der Waals surface area contributed by atoms with Gasteiger partial charge < -0.3 is 10.2 Å². The van der Waals surface area contributed by atoms with E-state index >= 15 is 0 Å². The van der Waals surface area contributed by atoms with E-state index in [9.17, 15) is 0 Å². The fourth-order valence-electron chi connectivity index (χ4n) is 2.16. The van der Waals surface area contributed by atoms with Crippen molar-refractivity contribution in [3.8, 4) is 0 Å². The van der Waals surface area contributed by atoms with Crippen molar-refractivity contribution in [3.63, 3.8) is 0 Å². The first-order chi connectivity index (χ1) is 10.0. The minimum absolute atomic E-state index is 0.480. The van der Waals surface area contributed by atoms with Crippen LogP contribution in [0, 0.1) is 6.92 Å². The van der Waals surface area contributed by atoms with Crippen LogP contribution in [-0.2, 0) is 13.1 Å². The van der Waals surface area contributed by atoms with Gasteiger partial charge in [0.1, 0.15) is 5.82 Å². The maximum absolute atomic E-state index is 4.63. The SMILES string of the molecule is Cc1cc(CNC(C)C)cc(N(C)Cc2ccccn2)n1. The molecule has 2 rings (SSSR count). The number of nitrogens with one attached hydrogen (secondary N) is 1. The Morgan fingerprint density at radius 1 is 1.24 bits per heavy atom. The molecule has 0 spiro atoms. The van der Waals surface area contributed by atoms with Crippen molar-refractivity contribution in [3.05, 3.63) is 53.5 Å². The topological polar surface area (TPSA) is 41.0 Å². The highest BCUT2D eigenvalue weighted by Gasteiger charge is 2.07. The van der Waals surface area contributed by atoms with Crippen molar-refractivity contribution < 1.29 is 0 Å². The van der Waals surface area contributed by atoms with Gasteiger partial charge in [0.25, 0.3) is 0 Å². The quantitative estimate of drug-likeness (QED) is 0.885. The summed E-state index contributed by atoms with van der Waals surface area (Å²) in [6, 6.07) is 10.7. The second-order valence-electron chi connectivity index (χ2n) is 5.69. The van der Waals surface area contributed by atoms with Crippen molar-refractivity contribution >= 4 is 5.82 Å². The lowest BCUT2D eigenvalue weighted by Gasteiger charge is -2.19. The second kappa shape index (κ2) is 7.18. The first kappa shape index (κ1) is 15.4. The van der Waals surface area contributed by atoms with E-state index in [1.54, 1.807) is 0 Å². The normalized spacial score (nSPS) is 10.9. The van der Waals surface area contributed by atoms with E-state index in [1.165, 1.54) is 5.56 Å². The lowest BCUT2D eigenvalue weighted by molar-refractivity contribution is 0.588. The third-order valence-corrected chi connectivity index (χ3v) is 3.23. The van der Waals surface area contributed by atoms with Gasteiger partial charge in [-0.25, -0.2) is 4.98 Å². The number of nitrogens with zero attached hydrogens (tertiary/aromatic N) is 3. The zero-order chi connectivity index (χ0) is 15.2. The molecule has 4 nitrogen and oxygen atoms in total. The van der Waals surface area contributed by atoms with Gasteiger partial charge in [-0.2, -0.15) is 0 Å². The van der Waals surface area contributed by atoms with Crippen LogP contribution in [-0.4, -0.2) is 23.1 Å². The highest BCUT2D eigenvalue weighted by Crippen LogP contribution is 2.15. The molecular weight excluding hydrogens is 260 g/mol. The number of aryl methyl sites for hydroxylation is 1. The molecule has 0 aliphatic rings. The van der Waals surface area contributed by atoms with E-state index in [1.807, 2.05) is 31.3 Å². The molecular formula is C17H24N4. The minimum Gasteiger partial charge on any atom is -0.354 e. The van der Waals surface area contributed by atoms with Gasteiger partial charge in [-0.3, -0.25) is 4.98 Å². The molecule has 0 saturated carbocycles. The number of pyridine rings is 2. The maximum Gasteiger partial charge on any atom is 0.129 e. The van der Waals surface area contributed by atoms with Crippen molar-refractivity contribution in [2.75, 3.05) is 11.9 Å². The molecule has 2 heterocycles. The molecule has 2 aromatic rings. The summed E-state index contributed by atoms with van der Waals surface area (Å²) in [6.45, 7) is 7.97. The Kier molecular flexibility index (Phi) is 5.28. The second-order valence-corrected chi connectivity index (χ2v) is 5.69. The molecule has 0 amide bonds. The Morgan fingerprint density at radius 3 is 2.71 bits per heavy atom. The fourth-order valence-corrected chi connectivity index (χ4v) is 2.16. The van der Waals surface area contributed by atoms with Gasteiger partial charge >= 0.3 is 0 Å². The van der Waals surface area contributed by atoms with Gasteiger partial charge in [0.15, 0.2) is 0 Å². The van der Waals surface area contributed by atoms with Crippen LogP contribution in [0.15, 0.2) is 36.5 Å². The molecule has 0 aliphatic carbocycles. The smallest absolute Gasteiger partial charge is 0.129 e. The van der Waals surface area contributed by atoms with Gasteiger partial charge in [0.2, 0.25) is 0 Å². The van der Waals surface area contributed by atoms with E-state index in [4.69, 9.17) is 0 Å². The van der Waals surface area contributed by atoms with Crippen LogP contribution in [0.25, 0.3) is 0 Å². The predicted molar refractivity (Wildman–Crippen MR) is 87.3 cm³/mol. The molecule has 0 unspecified atom stereocenters. The Hall–Kier alpha value is -1.94. The van der Waals surface area contributed by atoms with Crippen molar-refractivity contribution in [1.82, 2.24) is 15.3 Å². The number of hydrogen-bond acceptors (Lipinski definition) is 4. The summed E-state index contributed by atoms with van der Waals surface area (Å²) in [5, 5.41) is 3.45. The standard InChI is InChI=1S/C17H24N4/c1-13(2)19-11-15-9-14(3)20-17(10-15)21(4)12-16-7-5-6-8-18-16/h5-10,13,19H,11-12H2,1-4H3. The van der Waals surface area contributed by atoms with Crippen LogP contribution < -0.4 is 10.2 Å². The molecule has 1 N–H and O–H groups in total. The summed E-state index contributed by atoms with van der Waals surface area (Å²) in [7, 11) is 2.05. The van der Waals surface area contributed by atoms with Gasteiger partial charge in [-0.1, -0.05) is 19.9 Å². The average Bonchev–Trinajstić information content (AvgIpc) is 2.45. The summed E-state index contributed by atoms with van der Waals surface area (Å²) in [6.07, 6.45) is 1.82. The highest BCUT2D eigenvalue weighted by molar-refractivity contribution is 5.42. The number of rotatable bonds is 6. The van der Waals surface area contributed by atoms with E-state index in [0.717, 1.165) is 30.3 Å². The largest absolute Gasteiger partial charge is 0.354 e. The number of aromatic nitrogens is 2. The summed E-state index contributed by atoms with van der Waals surface area (Å²) < 4.78 is 0. The maximum atomic E-state index is 4.63. The fraction of sp³-hybridized carbons (Fsp3) is 0.412. The molecule has 112 valence electrons. The lowest BCUT2D eigenvalue weighted by atomic mass is 10.2. The Bertz CT molecular complexity index is 566. The highest BCUT2D eigenvalue weighted by atomic mass is 15.2. The predicted octanol–water partition coefficient (Wildman–Crippen LogP) is 2.92. The van der Waals surface area contributed by atoms with Crippen molar-refractivity contribution in [1.29, 1.82) is 0 Å². The molecule has 0 saturated heterocycles. The molecule has 0 radical (unpaired) electrons. The zero-order valence-corrected chi connectivity index (χ0v) is 13.3. The molecule has 2 aromatic heterocycles. The molecule has 0 atom stereocenters. The molecule has 4 heteroatoms. The molecule has 0 bridgehead atoms. The van der Waals surface area contributed by atoms with E-state index < -0.39 is 0 Å². The zero-order valence-electron chi connectivity index (χ0n) is 13.3. The van der Waals surface area contributed by atoms with Crippen LogP contribution in [0.4, 0.5) is 5.82 Å².